The summed E-state index contributed by atoms with van der Waals surface area (Å²) in [6.07, 6.45) is 0.666. The molecule has 0 unspecified atom stereocenters. The first-order chi connectivity index (χ1) is 18.8. The molecule has 0 saturated carbocycles. The van der Waals surface area contributed by atoms with Gasteiger partial charge >= 0.3 is 11.9 Å². The summed E-state index contributed by atoms with van der Waals surface area (Å²) >= 11 is 0. The van der Waals surface area contributed by atoms with Crippen molar-refractivity contribution in [3.8, 4) is 45.6 Å². The molecular formula is C29H34O10. The van der Waals surface area contributed by atoms with Crippen LogP contribution in [0.4, 0.5) is 0 Å². The number of carbonyl (C=O) groups is 2. The summed E-state index contributed by atoms with van der Waals surface area (Å²) in [7, 11) is 8.44. The van der Waals surface area contributed by atoms with Crippen LogP contribution in [-0.2, 0) is 9.47 Å². The predicted octanol–water partition coefficient (Wildman–Crippen LogP) is 5.39. The predicted molar refractivity (Wildman–Crippen MR) is 145 cm³/mol. The SMILES string of the molecule is CCC(CC)OC(=O)c1c(C(=O)OC)c(-c2ccc(OC)c(OC)c2)c2c(OC)c(OC)c(OC)cc2c1O. The molecule has 3 aromatic rings. The second-order valence-electron chi connectivity index (χ2n) is 8.45. The monoisotopic (exact) mass is 542 g/mol. The van der Waals surface area contributed by atoms with Gasteiger partial charge in [-0.25, -0.2) is 9.59 Å². The van der Waals surface area contributed by atoms with Crippen LogP contribution in [0, 0.1) is 0 Å². The lowest BCUT2D eigenvalue weighted by Crippen LogP contribution is -2.20. The standard InChI is InChI=1S/C29H34O10/c1-9-16(10-2)39-29(32)24-23(28(31)38-8)21(15-11-12-18(33-3)19(13-15)34-4)22-17(25(24)30)14-20(35-5)26(36-6)27(22)37-7/h11-14,16,30H,9-10H2,1-8H3. The number of phenols is 1. The van der Waals surface area contributed by atoms with Gasteiger partial charge < -0.3 is 38.3 Å². The summed E-state index contributed by atoms with van der Waals surface area (Å²) in [5.74, 6) is -0.806. The van der Waals surface area contributed by atoms with Crippen LogP contribution in [0.1, 0.15) is 47.4 Å². The molecule has 0 saturated heterocycles. The fraction of sp³-hybridized carbons (Fsp3) is 0.379. The summed E-state index contributed by atoms with van der Waals surface area (Å²) in [6.45, 7) is 3.75. The van der Waals surface area contributed by atoms with Crippen LogP contribution in [-0.4, -0.2) is 65.8 Å². The van der Waals surface area contributed by atoms with Crippen molar-refractivity contribution in [2.75, 3.05) is 42.7 Å². The van der Waals surface area contributed by atoms with Crippen LogP contribution in [0.25, 0.3) is 21.9 Å². The maximum absolute atomic E-state index is 13.6. The maximum atomic E-state index is 13.6. The molecule has 39 heavy (non-hydrogen) atoms. The van der Waals surface area contributed by atoms with Gasteiger partial charge in [-0.05, 0) is 36.6 Å². The van der Waals surface area contributed by atoms with E-state index < -0.39 is 23.8 Å². The Bertz CT molecular complexity index is 1370. The van der Waals surface area contributed by atoms with E-state index in [2.05, 4.69) is 0 Å². The zero-order valence-electron chi connectivity index (χ0n) is 23.4. The number of rotatable bonds is 11. The average molecular weight is 543 g/mol. The van der Waals surface area contributed by atoms with E-state index in [-0.39, 0.29) is 44.7 Å². The van der Waals surface area contributed by atoms with E-state index in [0.717, 1.165) is 0 Å². The number of ether oxygens (including phenoxy) is 7. The van der Waals surface area contributed by atoms with Gasteiger partial charge in [0.2, 0.25) is 5.75 Å². The summed E-state index contributed by atoms with van der Waals surface area (Å²) in [5.41, 5.74) is 0.113. The molecule has 1 N–H and O–H groups in total. The second kappa shape index (κ2) is 12.5. The van der Waals surface area contributed by atoms with Crippen molar-refractivity contribution in [1.29, 1.82) is 0 Å². The van der Waals surface area contributed by atoms with E-state index in [1.165, 1.54) is 48.7 Å². The van der Waals surface area contributed by atoms with Crippen LogP contribution < -0.4 is 23.7 Å². The lowest BCUT2D eigenvalue weighted by molar-refractivity contribution is 0.0274. The third-order valence-electron chi connectivity index (χ3n) is 6.52. The quantitative estimate of drug-likeness (QED) is 0.316. The lowest BCUT2D eigenvalue weighted by atomic mass is 9.87. The minimum Gasteiger partial charge on any atom is -0.506 e. The molecule has 0 amide bonds. The van der Waals surface area contributed by atoms with Gasteiger partial charge in [0.25, 0.3) is 0 Å². The van der Waals surface area contributed by atoms with Crippen LogP contribution in [0.2, 0.25) is 0 Å². The normalized spacial score (nSPS) is 10.8. The third-order valence-corrected chi connectivity index (χ3v) is 6.52. The minimum absolute atomic E-state index is 0.164. The molecule has 3 rings (SSSR count). The first kappa shape index (κ1) is 29.2. The van der Waals surface area contributed by atoms with Gasteiger partial charge in [0.15, 0.2) is 23.0 Å². The van der Waals surface area contributed by atoms with Gasteiger partial charge in [-0.3, -0.25) is 0 Å². The molecular weight excluding hydrogens is 508 g/mol. The zero-order chi connectivity index (χ0) is 28.9. The zero-order valence-corrected chi connectivity index (χ0v) is 23.4. The Hall–Kier alpha value is -4.34. The Morgan fingerprint density at radius 2 is 1.36 bits per heavy atom. The van der Waals surface area contributed by atoms with Crippen LogP contribution in [0.3, 0.4) is 0 Å². The van der Waals surface area contributed by atoms with E-state index >= 15 is 0 Å². The first-order valence-corrected chi connectivity index (χ1v) is 12.3. The number of fused-ring (bicyclic) bond motifs is 1. The van der Waals surface area contributed by atoms with Crippen LogP contribution in [0.5, 0.6) is 34.5 Å². The minimum atomic E-state index is -0.876. The van der Waals surface area contributed by atoms with Crippen molar-refractivity contribution in [2.24, 2.45) is 0 Å². The molecule has 10 nitrogen and oxygen atoms in total. The fourth-order valence-electron chi connectivity index (χ4n) is 4.55. The molecule has 0 aliphatic carbocycles. The highest BCUT2D eigenvalue weighted by molar-refractivity contribution is 6.20. The largest absolute Gasteiger partial charge is 0.506 e. The maximum Gasteiger partial charge on any atom is 0.343 e. The molecule has 3 aromatic carbocycles. The number of aromatic hydroxyl groups is 1. The summed E-state index contributed by atoms with van der Waals surface area (Å²) < 4.78 is 38.5. The number of esters is 2. The van der Waals surface area contributed by atoms with Crippen molar-refractivity contribution in [2.45, 2.75) is 32.8 Å². The van der Waals surface area contributed by atoms with E-state index in [4.69, 9.17) is 33.2 Å². The Balaban J connectivity index is 2.65. The van der Waals surface area contributed by atoms with Crippen molar-refractivity contribution < 1.29 is 47.9 Å². The highest BCUT2D eigenvalue weighted by atomic mass is 16.5. The molecule has 0 fully saturated rings. The highest BCUT2D eigenvalue weighted by Gasteiger charge is 2.34. The number of benzene rings is 3. The average Bonchev–Trinajstić information content (AvgIpc) is 2.97. The van der Waals surface area contributed by atoms with Gasteiger partial charge in [0.1, 0.15) is 17.4 Å². The molecule has 0 spiro atoms. The molecule has 210 valence electrons. The van der Waals surface area contributed by atoms with E-state index in [1.807, 2.05) is 13.8 Å². The topological polar surface area (TPSA) is 119 Å². The summed E-state index contributed by atoms with van der Waals surface area (Å²) in [5, 5.41) is 12.0. The molecule has 0 radical (unpaired) electrons. The fourth-order valence-corrected chi connectivity index (χ4v) is 4.55. The van der Waals surface area contributed by atoms with Gasteiger partial charge in [-0.1, -0.05) is 19.9 Å². The second-order valence-corrected chi connectivity index (χ2v) is 8.45. The molecule has 0 aromatic heterocycles. The van der Waals surface area contributed by atoms with Gasteiger partial charge in [0, 0.05) is 16.3 Å². The van der Waals surface area contributed by atoms with Gasteiger partial charge in [0.05, 0.1) is 48.2 Å². The highest BCUT2D eigenvalue weighted by Crippen LogP contribution is 2.52. The summed E-state index contributed by atoms with van der Waals surface area (Å²) in [6, 6.07) is 6.49. The van der Waals surface area contributed by atoms with E-state index in [1.54, 1.807) is 18.2 Å². The van der Waals surface area contributed by atoms with Crippen LogP contribution in [0.15, 0.2) is 24.3 Å². The number of hydrogen-bond acceptors (Lipinski definition) is 10. The van der Waals surface area contributed by atoms with Gasteiger partial charge in [-0.15, -0.1) is 0 Å². The van der Waals surface area contributed by atoms with Crippen molar-refractivity contribution >= 4 is 22.7 Å². The Labute approximate surface area is 227 Å². The van der Waals surface area contributed by atoms with Crippen molar-refractivity contribution in [1.82, 2.24) is 0 Å². The van der Waals surface area contributed by atoms with Gasteiger partial charge in [-0.2, -0.15) is 0 Å². The summed E-state index contributed by atoms with van der Waals surface area (Å²) in [4.78, 5) is 27.0. The molecule has 0 aliphatic heterocycles. The number of carbonyl (C=O) groups excluding carboxylic acids is 2. The lowest BCUT2D eigenvalue weighted by Gasteiger charge is -2.23. The Morgan fingerprint density at radius 3 is 1.87 bits per heavy atom. The number of phenolic OH excluding ortho intramolecular Hbond substituents is 1. The molecule has 10 heteroatoms. The number of methoxy groups -OCH3 is 6. The Kier molecular flexibility index (Phi) is 9.34. The van der Waals surface area contributed by atoms with E-state index in [9.17, 15) is 14.7 Å². The Morgan fingerprint density at radius 1 is 0.744 bits per heavy atom. The molecule has 0 aliphatic rings. The third kappa shape index (κ3) is 5.19. The van der Waals surface area contributed by atoms with Crippen LogP contribution >= 0.6 is 0 Å². The molecule has 0 bridgehead atoms. The first-order valence-electron chi connectivity index (χ1n) is 12.3. The van der Waals surface area contributed by atoms with Crippen molar-refractivity contribution in [3.05, 3.63) is 35.4 Å². The van der Waals surface area contributed by atoms with Crippen molar-refractivity contribution in [3.63, 3.8) is 0 Å². The van der Waals surface area contributed by atoms with E-state index in [0.29, 0.717) is 29.9 Å². The number of hydrogen-bond donors (Lipinski definition) is 1. The molecule has 0 atom stereocenters. The smallest absolute Gasteiger partial charge is 0.343 e. The molecule has 0 heterocycles.